The highest BCUT2D eigenvalue weighted by Gasteiger charge is 1.93. The molecule has 68 valence electrons. The molecule has 0 saturated heterocycles. The Balaban J connectivity index is 2.80. The molecule has 0 atom stereocenters. The summed E-state index contributed by atoms with van der Waals surface area (Å²) in [5, 5.41) is 0. The van der Waals surface area contributed by atoms with Crippen LogP contribution in [0.1, 0.15) is 26.7 Å². The van der Waals surface area contributed by atoms with E-state index >= 15 is 0 Å². The van der Waals surface area contributed by atoms with Gasteiger partial charge < -0.3 is 9.16 Å². The Hall–Kier alpha value is 0.137. The Bertz CT molecular complexity index is 76.5. The smallest absolute Gasteiger partial charge is 0.145 e. The summed E-state index contributed by atoms with van der Waals surface area (Å²) >= 11 is 0. The maximum absolute atomic E-state index is 5.38. The predicted octanol–water partition coefficient (Wildman–Crippen LogP) is 0.736. The first kappa shape index (κ1) is 11.1. The van der Waals surface area contributed by atoms with Crippen LogP contribution >= 0.6 is 0 Å². The van der Waals surface area contributed by atoms with Gasteiger partial charge in [0.1, 0.15) is 10.5 Å². The van der Waals surface area contributed by atoms with E-state index in [1.165, 1.54) is 6.42 Å². The molecule has 0 fully saturated rings. The number of rotatable bonds is 7. The van der Waals surface area contributed by atoms with Gasteiger partial charge in [-0.2, -0.15) is 0 Å². The zero-order chi connectivity index (χ0) is 8.53. The average molecular weight is 176 g/mol. The van der Waals surface area contributed by atoms with E-state index in [-0.39, 0.29) is 0 Å². The second-order valence-electron chi connectivity index (χ2n) is 3.14. The molecular formula is C8H20O2Si. The van der Waals surface area contributed by atoms with Gasteiger partial charge in [0.05, 0.1) is 0 Å². The zero-order valence-corrected chi connectivity index (χ0v) is 9.93. The molecule has 0 aliphatic heterocycles. The topological polar surface area (TPSA) is 18.5 Å². The van der Waals surface area contributed by atoms with Gasteiger partial charge in [0.15, 0.2) is 0 Å². The lowest BCUT2D eigenvalue weighted by atomic mass is 10.1. The quantitative estimate of drug-likeness (QED) is 0.421. The standard InChI is InChI=1S/C8H20O2Si/c1-8(2)4-7-9-5-3-6-10-11/h8H,3-7H2,1-2,11H3. The van der Waals surface area contributed by atoms with Crippen molar-refractivity contribution >= 4 is 10.5 Å². The molecule has 3 heteroatoms. The highest BCUT2D eigenvalue weighted by molar-refractivity contribution is 5.97. The predicted molar refractivity (Wildman–Crippen MR) is 50.8 cm³/mol. The molecule has 0 aromatic rings. The van der Waals surface area contributed by atoms with Crippen LogP contribution in [0.15, 0.2) is 0 Å². The molecule has 0 amide bonds. The first-order valence-electron chi connectivity index (χ1n) is 4.34. The van der Waals surface area contributed by atoms with Crippen LogP contribution in [0.2, 0.25) is 0 Å². The van der Waals surface area contributed by atoms with Crippen molar-refractivity contribution in [3.63, 3.8) is 0 Å². The van der Waals surface area contributed by atoms with Crippen molar-refractivity contribution in [2.75, 3.05) is 19.8 Å². The molecule has 11 heavy (non-hydrogen) atoms. The van der Waals surface area contributed by atoms with Crippen LogP contribution in [0.25, 0.3) is 0 Å². The van der Waals surface area contributed by atoms with Crippen molar-refractivity contribution in [1.82, 2.24) is 0 Å². The second-order valence-corrected chi connectivity index (χ2v) is 3.72. The van der Waals surface area contributed by atoms with Crippen LogP contribution in [0, 0.1) is 5.92 Å². The van der Waals surface area contributed by atoms with Crippen molar-refractivity contribution in [3.8, 4) is 0 Å². The molecular weight excluding hydrogens is 156 g/mol. The van der Waals surface area contributed by atoms with Crippen LogP contribution in [0.5, 0.6) is 0 Å². The van der Waals surface area contributed by atoms with E-state index in [1.807, 2.05) is 0 Å². The molecule has 0 unspecified atom stereocenters. The lowest BCUT2D eigenvalue weighted by Gasteiger charge is -2.05. The Kier molecular flexibility index (Phi) is 8.34. The van der Waals surface area contributed by atoms with Crippen molar-refractivity contribution in [3.05, 3.63) is 0 Å². The van der Waals surface area contributed by atoms with Crippen LogP contribution in [0.3, 0.4) is 0 Å². The molecule has 0 heterocycles. The summed E-state index contributed by atoms with van der Waals surface area (Å²) in [6.07, 6.45) is 2.21. The van der Waals surface area contributed by atoms with Crippen molar-refractivity contribution in [1.29, 1.82) is 0 Å². The Morgan fingerprint density at radius 2 is 1.91 bits per heavy atom. The highest BCUT2D eigenvalue weighted by atomic mass is 28.2. The third kappa shape index (κ3) is 10.1. The van der Waals surface area contributed by atoms with Gasteiger partial charge >= 0.3 is 0 Å². The van der Waals surface area contributed by atoms with E-state index in [2.05, 4.69) is 13.8 Å². The largest absolute Gasteiger partial charge is 0.428 e. The van der Waals surface area contributed by atoms with Crippen molar-refractivity contribution in [2.45, 2.75) is 26.7 Å². The first-order valence-corrected chi connectivity index (χ1v) is 5.15. The number of hydrogen-bond acceptors (Lipinski definition) is 2. The van der Waals surface area contributed by atoms with Crippen LogP contribution in [0.4, 0.5) is 0 Å². The number of ether oxygens (including phenoxy) is 1. The van der Waals surface area contributed by atoms with Gasteiger partial charge in [-0.05, 0) is 18.8 Å². The summed E-state index contributed by atoms with van der Waals surface area (Å²) in [5.74, 6) is 0.754. The summed E-state index contributed by atoms with van der Waals surface area (Å²) in [6.45, 7) is 7.05. The van der Waals surface area contributed by atoms with Crippen LogP contribution in [-0.2, 0) is 9.16 Å². The lowest BCUT2D eigenvalue weighted by molar-refractivity contribution is 0.111. The zero-order valence-electron chi connectivity index (χ0n) is 7.93. The summed E-state index contributed by atoms with van der Waals surface area (Å²) in [5.41, 5.74) is 0. The molecule has 0 aliphatic rings. The fourth-order valence-electron chi connectivity index (χ4n) is 0.726. The minimum atomic E-state index is 0.754. The monoisotopic (exact) mass is 176 g/mol. The van der Waals surface area contributed by atoms with Gasteiger partial charge in [-0.3, -0.25) is 0 Å². The molecule has 0 aromatic heterocycles. The molecule has 0 radical (unpaired) electrons. The van der Waals surface area contributed by atoms with Gasteiger partial charge in [-0.25, -0.2) is 0 Å². The Morgan fingerprint density at radius 1 is 1.18 bits per heavy atom. The van der Waals surface area contributed by atoms with Gasteiger partial charge in [-0.1, -0.05) is 13.8 Å². The minimum absolute atomic E-state index is 0.754. The molecule has 0 rings (SSSR count). The third-order valence-corrected chi connectivity index (χ3v) is 1.88. The molecule has 2 nitrogen and oxygen atoms in total. The normalized spacial score (nSPS) is 11.2. The summed E-state index contributed by atoms with van der Waals surface area (Å²) < 4.78 is 10.4. The maximum atomic E-state index is 5.38. The summed E-state index contributed by atoms with van der Waals surface area (Å²) in [4.78, 5) is 0. The fraction of sp³-hybridized carbons (Fsp3) is 1.00. The second kappa shape index (κ2) is 8.24. The Morgan fingerprint density at radius 3 is 2.45 bits per heavy atom. The SMILES string of the molecule is CC(C)CCOCCCO[SiH3]. The highest BCUT2D eigenvalue weighted by Crippen LogP contribution is 1.98. The van der Waals surface area contributed by atoms with E-state index in [9.17, 15) is 0 Å². The average Bonchev–Trinajstić information content (AvgIpc) is 1.96. The first-order chi connectivity index (χ1) is 5.27. The molecule has 0 spiro atoms. The van der Waals surface area contributed by atoms with E-state index in [0.29, 0.717) is 0 Å². The minimum Gasteiger partial charge on any atom is -0.428 e. The van der Waals surface area contributed by atoms with E-state index in [4.69, 9.17) is 9.16 Å². The van der Waals surface area contributed by atoms with Gasteiger partial charge in [0.2, 0.25) is 0 Å². The fourth-order valence-corrected chi connectivity index (χ4v) is 1.02. The van der Waals surface area contributed by atoms with Gasteiger partial charge in [-0.15, -0.1) is 0 Å². The molecule has 0 N–H and O–H groups in total. The van der Waals surface area contributed by atoms with E-state index in [1.54, 1.807) is 0 Å². The molecule has 0 bridgehead atoms. The van der Waals surface area contributed by atoms with E-state index in [0.717, 1.165) is 42.6 Å². The number of hydrogen-bond donors (Lipinski definition) is 0. The maximum Gasteiger partial charge on any atom is 0.145 e. The molecule has 0 saturated carbocycles. The van der Waals surface area contributed by atoms with Crippen molar-refractivity contribution in [2.24, 2.45) is 5.92 Å². The van der Waals surface area contributed by atoms with Crippen LogP contribution in [-0.4, -0.2) is 30.3 Å². The summed E-state index contributed by atoms with van der Waals surface area (Å²) in [6, 6.07) is 0. The van der Waals surface area contributed by atoms with E-state index < -0.39 is 0 Å². The molecule has 0 aromatic carbocycles. The van der Waals surface area contributed by atoms with Crippen molar-refractivity contribution < 1.29 is 9.16 Å². The third-order valence-electron chi connectivity index (χ3n) is 1.48. The van der Waals surface area contributed by atoms with Gasteiger partial charge in [0.25, 0.3) is 0 Å². The Labute approximate surface area is 72.8 Å². The molecule has 0 aliphatic carbocycles. The lowest BCUT2D eigenvalue weighted by Crippen LogP contribution is -2.02. The van der Waals surface area contributed by atoms with Gasteiger partial charge in [0, 0.05) is 19.8 Å². The summed E-state index contributed by atoms with van der Waals surface area (Å²) in [7, 11) is 0.850. The van der Waals surface area contributed by atoms with Crippen LogP contribution < -0.4 is 0 Å².